The van der Waals surface area contributed by atoms with Gasteiger partial charge in [0.2, 0.25) is 15.9 Å². The number of carbonyl (C=O) groups is 1. The van der Waals surface area contributed by atoms with Gasteiger partial charge in [0.05, 0.1) is 10.6 Å². The fraction of sp³-hybridized carbons (Fsp3) is 0.188. The second kappa shape index (κ2) is 7.50. The molecule has 8 heteroatoms. The van der Waals surface area contributed by atoms with Crippen molar-refractivity contribution in [3.63, 3.8) is 0 Å². The molecular weight excluding hydrogens is 338 g/mol. The fourth-order valence-corrected chi connectivity index (χ4v) is 2.75. The zero-order valence-electron chi connectivity index (χ0n) is 12.8. The van der Waals surface area contributed by atoms with Crippen LogP contribution in [0.15, 0.2) is 47.4 Å². The lowest BCUT2D eigenvalue weighted by Crippen LogP contribution is -2.18. The summed E-state index contributed by atoms with van der Waals surface area (Å²) in [5.74, 6) is -1.83. The number of amides is 1. The van der Waals surface area contributed by atoms with E-state index in [4.69, 9.17) is 0 Å². The van der Waals surface area contributed by atoms with Crippen molar-refractivity contribution < 1.29 is 22.0 Å². The Morgan fingerprint density at radius 1 is 1.08 bits per heavy atom. The van der Waals surface area contributed by atoms with Gasteiger partial charge in [0.15, 0.2) is 0 Å². The first-order valence-electron chi connectivity index (χ1n) is 7.09. The lowest BCUT2D eigenvalue weighted by atomic mass is 10.1. The van der Waals surface area contributed by atoms with Crippen LogP contribution in [0.25, 0.3) is 0 Å². The predicted octanol–water partition coefficient (Wildman–Crippen LogP) is 2.44. The molecule has 0 radical (unpaired) electrons. The molecule has 0 aliphatic heterocycles. The predicted molar refractivity (Wildman–Crippen MR) is 86.0 cm³/mol. The van der Waals surface area contributed by atoms with Crippen molar-refractivity contribution in [2.45, 2.75) is 17.7 Å². The van der Waals surface area contributed by atoms with Crippen molar-refractivity contribution in [3.05, 3.63) is 59.7 Å². The number of sulfonamides is 1. The number of hydrogen-bond donors (Lipinski definition) is 2. The molecule has 0 saturated carbocycles. The zero-order valence-corrected chi connectivity index (χ0v) is 13.7. The van der Waals surface area contributed by atoms with Crippen LogP contribution >= 0.6 is 0 Å². The molecule has 0 spiro atoms. The first kappa shape index (κ1) is 18.0. The van der Waals surface area contributed by atoms with Gasteiger partial charge < -0.3 is 5.32 Å². The van der Waals surface area contributed by atoms with Crippen molar-refractivity contribution in [1.29, 1.82) is 0 Å². The Balaban J connectivity index is 1.96. The lowest BCUT2D eigenvalue weighted by molar-refractivity contribution is -0.116. The summed E-state index contributed by atoms with van der Waals surface area (Å²) in [6.45, 7) is 0. The number of rotatable bonds is 6. The van der Waals surface area contributed by atoms with Crippen LogP contribution < -0.4 is 10.0 Å². The van der Waals surface area contributed by atoms with E-state index in [0.29, 0.717) is 6.42 Å². The molecule has 24 heavy (non-hydrogen) atoms. The highest BCUT2D eigenvalue weighted by atomic mass is 32.2. The Morgan fingerprint density at radius 3 is 2.38 bits per heavy atom. The van der Waals surface area contributed by atoms with E-state index in [0.717, 1.165) is 23.8 Å². The summed E-state index contributed by atoms with van der Waals surface area (Å²) in [7, 11) is -2.18. The molecule has 2 aromatic rings. The van der Waals surface area contributed by atoms with Crippen molar-refractivity contribution in [2.75, 3.05) is 12.4 Å². The fourth-order valence-electron chi connectivity index (χ4n) is 2.02. The molecule has 0 bridgehead atoms. The van der Waals surface area contributed by atoms with Gasteiger partial charge in [-0.05, 0) is 43.3 Å². The van der Waals surface area contributed by atoms with Crippen LogP contribution in [-0.2, 0) is 21.2 Å². The zero-order chi connectivity index (χ0) is 17.7. The normalized spacial score (nSPS) is 11.3. The van der Waals surface area contributed by atoms with Crippen LogP contribution in [0.4, 0.5) is 14.5 Å². The molecule has 0 atom stereocenters. The number of anilines is 1. The number of aryl methyl sites for hydroxylation is 1. The third-order valence-electron chi connectivity index (χ3n) is 3.35. The number of benzene rings is 2. The molecule has 0 aliphatic carbocycles. The molecule has 1 amide bonds. The van der Waals surface area contributed by atoms with Crippen molar-refractivity contribution in [1.82, 2.24) is 4.72 Å². The van der Waals surface area contributed by atoms with Gasteiger partial charge in [0.1, 0.15) is 11.6 Å². The van der Waals surface area contributed by atoms with Crippen LogP contribution in [0.2, 0.25) is 0 Å². The van der Waals surface area contributed by atoms with Gasteiger partial charge in [-0.15, -0.1) is 0 Å². The van der Waals surface area contributed by atoms with Gasteiger partial charge in [-0.2, -0.15) is 0 Å². The van der Waals surface area contributed by atoms with E-state index in [9.17, 15) is 22.0 Å². The van der Waals surface area contributed by atoms with E-state index < -0.39 is 27.6 Å². The summed E-state index contributed by atoms with van der Waals surface area (Å²) in [4.78, 5) is 11.9. The molecule has 0 saturated heterocycles. The van der Waals surface area contributed by atoms with E-state index >= 15 is 0 Å². The molecule has 0 fully saturated rings. The smallest absolute Gasteiger partial charge is 0.240 e. The molecule has 2 N–H and O–H groups in total. The van der Waals surface area contributed by atoms with Crippen molar-refractivity contribution >= 4 is 21.6 Å². The van der Waals surface area contributed by atoms with Gasteiger partial charge in [0.25, 0.3) is 0 Å². The maximum absolute atomic E-state index is 13.4. The summed E-state index contributed by atoms with van der Waals surface area (Å²) < 4.78 is 51.9. The maximum Gasteiger partial charge on any atom is 0.240 e. The monoisotopic (exact) mass is 354 g/mol. The highest BCUT2D eigenvalue weighted by molar-refractivity contribution is 7.89. The van der Waals surface area contributed by atoms with Gasteiger partial charge in [-0.25, -0.2) is 21.9 Å². The van der Waals surface area contributed by atoms with Crippen molar-refractivity contribution in [2.24, 2.45) is 0 Å². The minimum atomic E-state index is -3.50. The van der Waals surface area contributed by atoms with Crippen LogP contribution in [0.3, 0.4) is 0 Å². The summed E-state index contributed by atoms with van der Waals surface area (Å²) in [6.07, 6.45) is 0.386. The van der Waals surface area contributed by atoms with Crippen molar-refractivity contribution in [3.8, 4) is 0 Å². The van der Waals surface area contributed by atoms with Crippen LogP contribution in [0.5, 0.6) is 0 Å². The molecule has 0 unspecified atom stereocenters. The van der Waals surface area contributed by atoms with Crippen LogP contribution in [0.1, 0.15) is 12.0 Å². The van der Waals surface area contributed by atoms with E-state index in [2.05, 4.69) is 10.0 Å². The Kier molecular flexibility index (Phi) is 5.63. The van der Waals surface area contributed by atoms with Gasteiger partial charge in [-0.3, -0.25) is 4.79 Å². The number of halogens is 2. The van der Waals surface area contributed by atoms with Gasteiger partial charge in [0, 0.05) is 12.5 Å². The van der Waals surface area contributed by atoms with Gasteiger partial charge in [-0.1, -0.05) is 12.1 Å². The molecule has 5 nitrogen and oxygen atoms in total. The van der Waals surface area contributed by atoms with E-state index in [-0.39, 0.29) is 17.0 Å². The summed E-state index contributed by atoms with van der Waals surface area (Å²) >= 11 is 0. The van der Waals surface area contributed by atoms with Gasteiger partial charge >= 0.3 is 0 Å². The number of hydrogen-bond acceptors (Lipinski definition) is 3. The number of nitrogens with one attached hydrogen (secondary N) is 2. The van der Waals surface area contributed by atoms with Crippen LogP contribution in [0, 0.1) is 11.6 Å². The Morgan fingerprint density at radius 2 is 1.75 bits per heavy atom. The third-order valence-corrected chi connectivity index (χ3v) is 4.78. The maximum atomic E-state index is 13.4. The van der Waals surface area contributed by atoms with Crippen LogP contribution in [-0.4, -0.2) is 21.4 Å². The average Bonchev–Trinajstić information content (AvgIpc) is 2.56. The molecular formula is C16H16F2N2O3S. The highest BCUT2D eigenvalue weighted by Crippen LogP contribution is 2.16. The number of carbonyl (C=O) groups excluding carboxylic acids is 1. The first-order chi connectivity index (χ1) is 11.3. The summed E-state index contributed by atoms with van der Waals surface area (Å²) in [5, 5.41) is 2.31. The first-order valence-corrected chi connectivity index (χ1v) is 8.57. The summed E-state index contributed by atoms with van der Waals surface area (Å²) in [6, 6.07) is 8.87. The third kappa shape index (κ3) is 4.59. The van der Waals surface area contributed by atoms with E-state index in [1.54, 1.807) is 12.1 Å². The Labute approximate surface area is 138 Å². The molecule has 0 aliphatic rings. The highest BCUT2D eigenvalue weighted by Gasteiger charge is 2.11. The molecule has 2 aromatic carbocycles. The molecule has 128 valence electrons. The second-order valence-electron chi connectivity index (χ2n) is 5.02. The molecule has 0 aromatic heterocycles. The van der Waals surface area contributed by atoms with E-state index in [1.807, 2.05) is 0 Å². The Bertz CT molecular complexity index is 837. The minimum Gasteiger partial charge on any atom is -0.324 e. The molecule has 0 heterocycles. The SMILES string of the molecule is CNS(=O)(=O)c1ccc(CCC(=O)Nc2cc(F)ccc2F)cc1. The minimum absolute atomic E-state index is 0.0497. The quantitative estimate of drug-likeness (QED) is 0.837. The average molecular weight is 354 g/mol. The largest absolute Gasteiger partial charge is 0.324 e. The summed E-state index contributed by atoms with van der Waals surface area (Å²) in [5.41, 5.74) is 0.537. The second-order valence-corrected chi connectivity index (χ2v) is 6.91. The Hall–Kier alpha value is -2.32. The standard InChI is InChI=1S/C16H16F2N2O3S/c1-19-24(22,23)13-6-2-11(3-7-13)4-9-16(21)20-15-10-12(17)5-8-14(15)18/h2-3,5-8,10,19H,4,9H2,1H3,(H,20,21). The molecule has 2 rings (SSSR count). The topological polar surface area (TPSA) is 75.3 Å². The lowest BCUT2D eigenvalue weighted by Gasteiger charge is -2.07. The van der Waals surface area contributed by atoms with E-state index in [1.165, 1.54) is 19.2 Å².